The first-order valence-electron chi connectivity index (χ1n) is 6.17. The summed E-state index contributed by atoms with van der Waals surface area (Å²) in [6.45, 7) is 0. The summed E-state index contributed by atoms with van der Waals surface area (Å²) in [5.41, 5.74) is 0. The van der Waals surface area contributed by atoms with Crippen LogP contribution in [0.15, 0.2) is 0 Å². The predicted octanol–water partition coefficient (Wildman–Crippen LogP) is 1.55. The van der Waals surface area contributed by atoms with Gasteiger partial charge in [0.05, 0.1) is 5.92 Å². The molecule has 0 unspecified atom stereocenters. The van der Waals surface area contributed by atoms with Gasteiger partial charge in [0.25, 0.3) is 0 Å². The highest BCUT2D eigenvalue weighted by Gasteiger charge is 2.35. The highest BCUT2D eigenvalue weighted by molar-refractivity contribution is 5.77. The van der Waals surface area contributed by atoms with Crippen LogP contribution in [0, 0.1) is 11.8 Å². The number of rotatable bonds is 5. The zero-order valence-corrected chi connectivity index (χ0v) is 9.45. The summed E-state index contributed by atoms with van der Waals surface area (Å²) in [5.74, 6) is -0.114. The Morgan fingerprint density at radius 1 is 1.25 bits per heavy atom. The van der Waals surface area contributed by atoms with Crippen molar-refractivity contribution in [3.05, 3.63) is 0 Å². The smallest absolute Gasteiger partial charge is 0.306 e. The number of hydrogen-bond donors (Lipinski definition) is 2. The van der Waals surface area contributed by atoms with Gasteiger partial charge in [-0.05, 0) is 25.2 Å². The first kappa shape index (κ1) is 11.4. The molecule has 1 amide bonds. The monoisotopic (exact) mass is 225 g/mol. The molecule has 2 fully saturated rings. The topological polar surface area (TPSA) is 66.4 Å². The van der Waals surface area contributed by atoms with Gasteiger partial charge in [-0.15, -0.1) is 0 Å². The summed E-state index contributed by atoms with van der Waals surface area (Å²) in [7, 11) is 0. The minimum atomic E-state index is -0.736. The molecule has 0 aliphatic heterocycles. The van der Waals surface area contributed by atoms with Crippen molar-refractivity contribution < 1.29 is 14.7 Å². The van der Waals surface area contributed by atoms with E-state index >= 15 is 0 Å². The maximum absolute atomic E-state index is 11.5. The Morgan fingerprint density at radius 2 is 1.94 bits per heavy atom. The highest BCUT2D eigenvalue weighted by Crippen LogP contribution is 2.31. The van der Waals surface area contributed by atoms with Crippen molar-refractivity contribution in [3.63, 3.8) is 0 Å². The molecular weight excluding hydrogens is 206 g/mol. The fourth-order valence-electron chi connectivity index (χ4n) is 2.35. The van der Waals surface area contributed by atoms with E-state index in [1.807, 2.05) is 0 Å². The minimum Gasteiger partial charge on any atom is -0.481 e. The lowest BCUT2D eigenvalue weighted by molar-refractivity contribution is -0.146. The number of hydrogen-bond acceptors (Lipinski definition) is 2. The summed E-state index contributed by atoms with van der Waals surface area (Å²) in [6.07, 6.45) is 6.68. The third kappa shape index (κ3) is 2.74. The van der Waals surface area contributed by atoms with Gasteiger partial charge in [-0.25, -0.2) is 0 Å². The van der Waals surface area contributed by atoms with E-state index in [9.17, 15) is 9.59 Å². The van der Waals surface area contributed by atoms with E-state index in [4.69, 9.17) is 5.11 Å². The summed E-state index contributed by atoms with van der Waals surface area (Å²) in [6, 6.07) is 0.106. The molecule has 2 aliphatic carbocycles. The Kier molecular flexibility index (Phi) is 3.46. The number of nitrogens with one attached hydrogen (secondary N) is 1. The number of carbonyl (C=O) groups is 2. The van der Waals surface area contributed by atoms with Crippen LogP contribution in [-0.4, -0.2) is 23.0 Å². The van der Waals surface area contributed by atoms with Gasteiger partial charge in [-0.3, -0.25) is 9.59 Å². The largest absolute Gasteiger partial charge is 0.481 e. The third-order valence-corrected chi connectivity index (χ3v) is 3.86. The first-order chi connectivity index (χ1) is 7.65. The molecule has 4 heteroatoms. The number of carbonyl (C=O) groups excluding carboxylic acids is 1. The lowest BCUT2D eigenvalue weighted by Gasteiger charge is -2.33. The van der Waals surface area contributed by atoms with Gasteiger partial charge >= 0.3 is 5.97 Å². The summed E-state index contributed by atoms with van der Waals surface area (Å²) in [5, 5.41) is 11.6. The molecule has 0 saturated heterocycles. The molecule has 0 radical (unpaired) electrons. The molecule has 4 nitrogen and oxygen atoms in total. The fourth-order valence-corrected chi connectivity index (χ4v) is 2.35. The van der Waals surface area contributed by atoms with Crippen LogP contribution < -0.4 is 5.32 Å². The van der Waals surface area contributed by atoms with Crippen molar-refractivity contribution in [1.29, 1.82) is 0 Å². The predicted molar refractivity (Wildman–Crippen MR) is 58.9 cm³/mol. The lowest BCUT2D eigenvalue weighted by Crippen LogP contribution is -2.46. The Labute approximate surface area is 95.4 Å². The van der Waals surface area contributed by atoms with Crippen LogP contribution >= 0.6 is 0 Å². The molecule has 2 rings (SSSR count). The molecule has 0 bridgehead atoms. The maximum atomic E-state index is 11.5. The Morgan fingerprint density at radius 3 is 2.44 bits per heavy atom. The van der Waals surface area contributed by atoms with Crippen LogP contribution in [0.2, 0.25) is 0 Å². The summed E-state index contributed by atoms with van der Waals surface area (Å²) < 4.78 is 0. The molecule has 90 valence electrons. The molecule has 2 saturated carbocycles. The average molecular weight is 225 g/mol. The second kappa shape index (κ2) is 4.85. The van der Waals surface area contributed by atoms with Gasteiger partial charge in [-0.1, -0.05) is 19.3 Å². The molecule has 0 heterocycles. The normalized spacial score (nSPS) is 29.0. The van der Waals surface area contributed by atoms with E-state index in [2.05, 4.69) is 5.32 Å². The van der Waals surface area contributed by atoms with E-state index < -0.39 is 5.97 Å². The molecule has 0 atom stereocenters. The number of aliphatic carboxylic acids is 1. The van der Waals surface area contributed by atoms with Crippen LogP contribution in [0.3, 0.4) is 0 Å². The van der Waals surface area contributed by atoms with E-state index in [0.717, 1.165) is 12.3 Å². The Bertz CT molecular complexity index is 280. The van der Waals surface area contributed by atoms with Crippen molar-refractivity contribution in [2.75, 3.05) is 0 Å². The zero-order valence-electron chi connectivity index (χ0n) is 9.45. The minimum absolute atomic E-state index is 0.0979. The van der Waals surface area contributed by atoms with Gasteiger partial charge in [0, 0.05) is 12.5 Å². The SMILES string of the molecule is O=C(CCC1CCC1)NC1CC(C(=O)O)C1. The quantitative estimate of drug-likeness (QED) is 0.746. The molecule has 2 N–H and O–H groups in total. The average Bonchev–Trinajstić information content (AvgIpc) is 2.07. The van der Waals surface area contributed by atoms with Crippen LogP contribution in [0.25, 0.3) is 0 Å². The molecule has 16 heavy (non-hydrogen) atoms. The number of carboxylic acids is 1. The fraction of sp³-hybridized carbons (Fsp3) is 0.833. The Balaban J connectivity index is 1.56. The Hall–Kier alpha value is -1.06. The van der Waals surface area contributed by atoms with Crippen molar-refractivity contribution in [3.8, 4) is 0 Å². The second-order valence-corrected chi connectivity index (χ2v) is 5.11. The van der Waals surface area contributed by atoms with Crippen LogP contribution in [-0.2, 0) is 9.59 Å². The lowest BCUT2D eigenvalue weighted by atomic mass is 9.80. The van der Waals surface area contributed by atoms with E-state index in [-0.39, 0.29) is 17.9 Å². The van der Waals surface area contributed by atoms with Crippen LogP contribution in [0.5, 0.6) is 0 Å². The van der Waals surface area contributed by atoms with Crippen molar-refractivity contribution in [2.45, 2.75) is 51.0 Å². The van der Waals surface area contributed by atoms with Gasteiger partial charge in [0.2, 0.25) is 5.91 Å². The van der Waals surface area contributed by atoms with Gasteiger partial charge in [0.1, 0.15) is 0 Å². The van der Waals surface area contributed by atoms with E-state index in [0.29, 0.717) is 19.3 Å². The molecular formula is C12H19NO3. The molecule has 0 aromatic heterocycles. The molecule has 0 spiro atoms. The van der Waals surface area contributed by atoms with Crippen molar-refractivity contribution >= 4 is 11.9 Å². The first-order valence-corrected chi connectivity index (χ1v) is 6.17. The summed E-state index contributed by atoms with van der Waals surface area (Å²) in [4.78, 5) is 22.1. The van der Waals surface area contributed by atoms with Crippen molar-refractivity contribution in [1.82, 2.24) is 5.32 Å². The highest BCUT2D eigenvalue weighted by atomic mass is 16.4. The van der Waals surface area contributed by atoms with Gasteiger partial charge < -0.3 is 10.4 Å². The maximum Gasteiger partial charge on any atom is 0.306 e. The number of amides is 1. The molecule has 2 aliphatic rings. The van der Waals surface area contributed by atoms with Crippen LogP contribution in [0.1, 0.15) is 44.9 Å². The van der Waals surface area contributed by atoms with Crippen LogP contribution in [0.4, 0.5) is 0 Å². The summed E-state index contributed by atoms with van der Waals surface area (Å²) >= 11 is 0. The molecule has 0 aromatic carbocycles. The van der Waals surface area contributed by atoms with E-state index in [1.54, 1.807) is 0 Å². The van der Waals surface area contributed by atoms with Gasteiger partial charge in [0.15, 0.2) is 0 Å². The van der Waals surface area contributed by atoms with Gasteiger partial charge in [-0.2, -0.15) is 0 Å². The molecule has 0 aromatic rings. The standard InChI is InChI=1S/C12H19NO3/c14-11(5-4-8-2-1-3-8)13-10-6-9(7-10)12(15)16/h8-10H,1-7H2,(H,13,14)(H,15,16). The third-order valence-electron chi connectivity index (χ3n) is 3.86. The van der Waals surface area contributed by atoms with E-state index in [1.165, 1.54) is 19.3 Å². The zero-order chi connectivity index (χ0) is 11.5. The van der Waals surface area contributed by atoms with Crippen molar-refractivity contribution in [2.24, 2.45) is 11.8 Å². The number of carboxylic acid groups (broad SMARTS) is 1. The second-order valence-electron chi connectivity index (χ2n) is 5.11.